The molecule has 2 aromatic heterocycles. The Balaban J connectivity index is 1.65. The van der Waals surface area contributed by atoms with Crippen LogP contribution in [0.25, 0.3) is 11.0 Å². The number of nitrogen functional groups attached to an aromatic ring is 1. The van der Waals surface area contributed by atoms with Crippen LogP contribution in [0.2, 0.25) is 5.02 Å². The molecule has 0 spiro atoms. The standard InChI is InChI=1S/C18H19ClN4O3/c1-9-13(24)15(14(25)10-2-4-11(19)5-3-10)26-18(9)23-7-6-12-16(20)21-8-22-17(12)23/h2-9,13-15,18,24-25H,1H3,(H2,20,21,22)/t9-,13+,14-,15+,18-/m1/s1. The minimum atomic E-state index is -0.976. The van der Waals surface area contributed by atoms with Crippen LogP contribution in [0.15, 0.2) is 42.9 Å². The monoisotopic (exact) mass is 374 g/mol. The first-order valence-corrected chi connectivity index (χ1v) is 8.69. The van der Waals surface area contributed by atoms with Gasteiger partial charge in [0.15, 0.2) is 0 Å². The van der Waals surface area contributed by atoms with Crippen LogP contribution in [0, 0.1) is 5.92 Å². The minimum Gasteiger partial charge on any atom is -0.390 e. The highest BCUT2D eigenvalue weighted by molar-refractivity contribution is 6.30. The third-order valence-corrected chi connectivity index (χ3v) is 5.21. The molecule has 5 atom stereocenters. The summed E-state index contributed by atoms with van der Waals surface area (Å²) in [5, 5.41) is 22.6. The second-order valence-corrected chi connectivity index (χ2v) is 6.99. The summed E-state index contributed by atoms with van der Waals surface area (Å²) in [6.07, 6.45) is 0.125. The smallest absolute Gasteiger partial charge is 0.147 e. The van der Waals surface area contributed by atoms with E-state index in [2.05, 4.69) is 9.97 Å². The number of aliphatic hydroxyl groups excluding tert-OH is 2. The number of aromatic nitrogens is 3. The summed E-state index contributed by atoms with van der Waals surface area (Å²) >= 11 is 5.90. The predicted octanol–water partition coefficient (Wildman–Crippen LogP) is 2.29. The van der Waals surface area contributed by atoms with Crippen molar-refractivity contribution in [1.82, 2.24) is 14.5 Å². The number of nitrogens with zero attached hydrogens (tertiary/aromatic N) is 3. The largest absolute Gasteiger partial charge is 0.390 e. The van der Waals surface area contributed by atoms with Crippen molar-refractivity contribution in [2.24, 2.45) is 5.92 Å². The number of hydrogen-bond acceptors (Lipinski definition) is 6. The lowest BCUT2D eigenvalue weighted by Gasteiger charge is -2.22. The lowest BCUT2D eigenvalue weighted by Crippen LogP contribution is -2.31. The average molecular weight is 375 g/mol. The molecule has 3 aromatic rings. The molecule has 136 valence electrons. The molecule has 1 fully saturated rings. The SMILES string of the molecule is C[C@@H]1[C@H](O)[C@@H]([C@H](O)c2ccc(Cl)cc2)O[C@H]1n1ccc2c(N)ncnc21. The molecule has 0 aliphatic carbocycles. The molecule has 0 saturated carbocycles. The van der Waals surface area contributed by atoms with Gasteiger partial charge in [-0.25, -0.2) is 9.97 Å². The van der Waals surface area contributed by atoms with Crippen LogP contribution in [0.4, 0.5) is 5.82 Å². The molecule has 0 unspecified atom stereocenters. The van der Waals surface area contributed by atoms with Crippen molar-refractivity contribution in [1.29, 1.82) is 0 Å². The van der Waals surface area contributed by atoms with Crippen molar-refractivity contribution < 1.29 is 14.9 Å². The Bertz CT molecular complexity index is 930. The first-order valence-electron chi connectivity index (χ1n) is 8.31. The highest BCUT2D eigenvalue weighted by Gasteiger charge is 2.45. The van der Waals surface area contributed by atoms with E-state index in [1.165, 1.54) is 6.33 Å². The first-order chi connectivity index (χ1) is 12.5. The second kappa shape index (κ2) is 6.51. The van der Waals surface area contributed by atoms with Crippen molar-refractivity contribution in [3.63, 3.8) is 0 Å². The Morgan fingerprint density at radius 1 is 1.23 bits per heavy atom. The molecule has 0 radical (unpaired) electrons. The summed E-state index contributed by atoms with van der Waals surface area (Å²) in [5.41, 5.74) is 7.15. The lowest BCUT2D eigenvalue weighted by atomic mass is 9.95. The molecule has 1 saturated heterocycles. The number of fused-ring (bicyclic) bond motifs is 1. The summed E-state index contributed by atoms with van der Waals surface area (Å²) in [6, 6.07) is 8.65. The van der Waals surface area contributed by atoms with Crippen LogP contribution in [0.3, 0.4) is 0 Å². The zero-order valence-electron chi connectivity index (χ0n) is 14.0. The van der Waals surface area contributed by atoms with Crippen molar-refractivity contribution in [2.45, 2.75) is 31.5 Å². The molecular weight excluding hydrogens is 356 g/mol. The molecule has 0 bridgehead atoms. The number of ether oxygens (including phenoxy) is 1. The Morgan fingerprint density at radius 2 is 1.96 bits per heavy atom. The molecule has 7 nitrogen and oxygen atoms in total. The van der Waals surface area contributed by atoms with Crippen LogP contribution >= 0.6 is 11.6 Å². The van der Waals surface area contributed by atoms with E-state index in [1.807, 2.05) is 17.6 Å². The van der Waals surface area contributed by atoms with Crippen LogP contribution in [-0.2, 0) is 4.74 Å². The van der Waals surface area contributed by atoms with E-state index in [1.54, 1.807) is 30.5 Å². The highest BCUT2D eigenvalue weighted by atomic mass is 35.5. The number of rotatable bonds is 3. The van der Waals surface area contributed by atoms with E-state index in [4.69, 9.17) is 22.1 Å². The fourth-order valence-electron chi connectivity index (χ4n) is 3.46. The van der Waals surface area contributed by atoms with Crippen molar-refractivity contribution in [3.8, 4) is 0 Å². The van der Waals surface area contributed by atoms with Gasteiger partial charge in [-0.15, -0.1) is 0 Å². The van der Waals surface area contributed by atoms with Crippen LogP contribution in [0.5, 0.6) is 0 Å². The maximum Gasteiger partial charge on any atom is 0.147 e. The van der Waals surface area contributed by atoms with Crippen molar-refractivity contribution in [2.75, 3.05) is 5.73 Å². The molecule has 26 heavy (non-hydrogen) atoms. The van der Waals surface area contributed by atoms with E-state index >= 15 is 0 Å². The van der Waals surface area contributed by atoms with Gasteiger partial charge in [-0.2, -0.15) is 0 Å². The maximum atomic E-state index is 10.7. The number of nitrogens with two attached hydrogens (primary N) is 1. The minimum absolute atomic E-state index is 0.256. The zero-order chi connectivity index (χ0) is 18.4. The number of hydrogen-bond donors (Lipinski definition) is 3. The third-order valence-electron chi connectivity index (χ3n) is 4.96. The van der Waals surface area contributed by atoms with Gasteiger partial charge in [-0.1, -0.05) is 30.7 Å². The molecule has 4 N–H and O–H groups in total. The van der Waals surface area contributed by atoms with E-state index in [0.29, 0.717) is 22.1 Å². The van der Waals surface area contributed by atoms with E-state index in [9.17, 15) is 10.2 Å². The Labute approximate surface area is 155 Å². The number of benzene rings is 1. The van der Waals surface area contributed by atoms with Gasteiger partial charge in [0.05, 0.1) is 11.5 Å². The molecule has 8 heteroatoms. The number of aliphatic hydroxyl groups is 2. The number of anilines is 1. The van der Waals surface area contributed by atoms with Gasteiger partial charge >= 0.3 is 0 Å². The summed E-state index contributed by atoms with van der Waals surface area (Å²) in [6.45, 7) is 1.88. The molecule has 1 aromatic carbocycles. The Morgan fingerprint density at radius 3 is 2.69 bits per heavy atom. The predicted molar refractivity (Wildman–Crippen MR) is 97.4 cm³/mol. The van der Waals surface area contributed by atoms with Crippen LogP contribution in [0.1, 0.15) is 24.8 Å². The third kappa shape index (κ3) is 2.73. The highest BCUT2D eigenvalue weighted by Crippen LogP contribution is 2.41. The average Bonchev–Trinajstić information content (AvgIpc) is 3.18. The van der Waals surface area contributed by atoms with Crippen LogP contribution in [-0.4, -0.2) is 37.0 Å². The maximum absolute atomic E-state index is 10.7. The summed E-state index contributed by atoms with van der Waals surface area (Å²) in [7, 11) is 0. The molecule has 1 aliphatic heterocycles. The van der Waals surface area contributed by atoms with Gasteiger partial charge < -0.3 is 25.3 Å². The summed E-state index contributed by atoms with van der Waals surface area (Å²) < 4.78 is 7.87. The Kier molecular flexibility index (Phi) is 4.32. The normalized spacial score (nSPS) is 27.1. The summed E-state index contributed by atoms with van der Waals surface area (Å²) in [4.78, 5) is 8.26. The molecule has 4 rings (SSSR count). The van der Waals surface area contributed by atoms with E-state index in [-0.39, 0.29) is 5.92 Å². The van der Waals surface area contributed by atoms with Gasteiger partial charge in [-0.05, 0) is 23.8 Å². The van der Waals surface area contributed by atoms with E-state index < -0.39 is 24.5 Å². The van der Waals surface area contributed by atoms with Gasteiger partial charge in [0.2, 0.25) is 0 Å². The van der Waals surface area contributed by atoms with Crippen molar-refractivity contribution in [3.05, 3.63) is 53.4 Å². The van der Waals surface area contributed by atoms with Gasteiger partial charge in [-0.3, -0.25) is 0 Å². The summed E-state index contributed by atoms with van der Waals surface area (Å²) in [5.74, 6) is 0.131. The van der Waals surface area contributed by atoms with E-state index in [0.717, 1.165) is 5.39 Å². The Hall–Kier alpha value is -2.19. The molecule has 1 aliphatic rings. The zero-order valence-corrected chi connectivity index (χ0v) is 14.8. The fourth-order valence-corrected chi connectivity index (χ4v) is 3.58. The topological polar surface area (TPSA) is 106 Å². The fraction of sp³-hybridized carbons (Fsp3) is 0.333. The first kappa shape index (κ1) is 17.2. The number of halogens is 1. The second-order valence-electron chi connectivity index (χ2n) is 6.56. The van der Waals surface area contributed by atoms with Gasteiger partial charge in [0.1, 0.15) is 36.2 Å². The molecular formula is C18H19ClN4O3. The van der Waals surface area contributed by atoms with Crippen LogP contribution < -0.4 is 5.73 Å². The van der Waals surface area contributed by atoms with Gasteiger partial charge in [0.25, 0.3) is 0 Å². The van der Waals surface area contributed by atoms with Gasteiger partial charge in [0, 0.05) is 17.1 Å². The van der Waals surface area contributed by atoms with Crippen molar-refractivity contribution >= 4 is 28.5 Å². The molecule has 3 heterocycles. The lowest BCUT2D eigenvalue weighted by molar-refractivity contribution is -0.0833. The quantitative estimate of drug-likeness (QED) is 0.649. The molecule has 0 amide bonds.